The minimum Gasteiger partial charge on any atom is -0.435 e. The maximum absolute atomic E-state index is 12.4. The summed E-state index contributed by atoms with van der Waals surface area (Å²) in [6, 6.07) is 0. The van der Waals surface area contributed by atoms with Gasteiger partial charge in [0.1, 0.15) is 0 Å². The van der Waals surface area contributed by atoms with Crippen LogP contribution in [0, 0.1) is 6.92 Å². The van der Waals surface area contributed by atoms with Crippen molar-refractivity contribution < 1.29 is 14.3 Å². The molecule has 1 unspecified atom stereocenters. The van der Waals surface area contributed by atoms with Gasteiger partial charge in [-0.1, -0.05) is 6.92 Å². The number of carbonyl (C=O) groups is 1. The number of hydrogen-bond donors (Lipinski definition) is 1. The lowest BCUT2D eigenvalue weighted by atomic mass is 10.0. The van der Waals surface area contributed by atoms with E-state index in [0.29, 0.717) is 49.8 Å². The lowest BCUT2D eigenvalue weighted by molar-refractivity contribution is 0.0231. The van der Waals surface area contributed by atoms with E-state index in [2.05, 4.69) is 4.98 Å². The average molecular weight is 281 g/mol. The van der Waals surface area contributed by atoms with Crippen LogP contribution in [0.1, 0.15) is 35.5 Å². The van der Waals surface area contributed by atoms with Crippen LogP contribution in [-0.2, 0) is 6.42 Å². The smallest absolute Gasteiger partial charge is 0.291 e. The molecule has 0 aliphatic carbocycles. The Morgan fingerprint density at radius 3 is 2.80 bits per heavy atom. The number of amides is 1. The number of carbonyl (C=O) groups excluding carboxylic acids is 1. The van der Waals surface area contributed by atoms with Crippen LogP contribution in [0.4, 0.5) is 0 Å². The molecular formula is C14H23N3O3. The third-order valence-corrected chi connectivity index (χ3v) is 3.57. The molecule has 0 bridgehead atoms. The number of rotatable bonds is 4. The van der Waals surface area contributed by atoms with Gasteiger partial charge in [0.05, 0.1) is 17.8 Å². The van der Waals surface area contributed by atoms with E-state index < -0.39 is 5.60 Å². The minimum absolute atomic E-state index is 0.176. The van der Waals surface area contributed by atoms with Crippen LogP contribution in [0.2, 0.25) is 0 Å². The van der Waals surface area contributed by atoms with Gasteiger partial charge in [0.15, 0.2) is 5.89 Å². The number of likely N-dealkylation sites (N-methyl/N-ethyl adjacent to an activating group) is 1. The molecule has 1 aliphatic rings. The number of aromatic nitrogens is 1. The fraction of sp³-hybridized carbons (Fsp3) is 0.714. The molecule has 2 rings (SSSR count). The minimum atomic E-state index is -0.833. The van der Waals surface area contributed by atoms with Gasteiger partial charge in [0.25, 0.3) is 5.91 Å². The molecule has 20 heavy (non-hydrogen) atoms. The Hall–Kier alpha value is -1.40. The van der Waals surface area contributed by atoms with Crippen molar-refractivity contribution in [2.75, 3.05) is 33.7 Å². The first-order valence-electron chi connectivity index (χ1n) is 6.97. The van der Waals surface area contributed by atoms with Crippen molar-refractivity contribution in [3.05, 3.63) is 17.3 Å². The van der Waals surface area contributed by atoms with Crippen molar-refractivity contribution in [1.29, 1.82) is 0 Å². The van der Waals surface area contributed by atoms with Crippen LogP contribution in [0.3, 0.4) is 0 Å². The predicted octanol–water partition coefficient (Wildman–Crippen LogP) is 0.684. The highest BCUT2D eigenvalue weighted by molar-refractivity contribution is 5.92. The summed E-state index contributed by atoms with van der Waals surface area (Å²) in [5.41, 5.74) is -0.212. The molecule has 1 atom stereocenters. The molecule has 6 nitrogen and oxygen atoms in total. The quantitative estimate of drug-likeness (QED) is 0.879. The summed E-state index contributed by atoms with van der Waals surface area (Å²) in [7, 11) is 3.83. The first-order valence-corrected chi connectivity index (χ1v) is 6.97. The molecule has 1 N–H and O–H groups in total. The Labute approximate surface area is 119 Å². The largest absolute Gasteiger partial charge is 0.435 e. The molecule has 2 heterocycles. The zero-order chi connectivity index (χ0) is 14.9. The SMILES string of the molecule is CCc1nc(C)c(C(=O)N2CCC(O)(CN(C)C)C2)o1. The predicted molar refractivity (Wildman–Crippen MR) is 74.6 cm³/mol. The van der Waals surface area contributed by atoms with Gasteiger partial charge in [-0.3, -0.25) is 4.79 Å². The van der Waals surface area contributed by atoms with E-state index >= 15 is 0 Å². The maximum Gasteiger partial charge on any atom is 0.291 e. The number of oxazole rings is 1. The standard InChI is InChI=1S/C14H23N3O3/c1-5-11-15-10(2)12(20-11)13(18)17-7-6-14(19,9-17)8-16(3)4/h19H,5-9H2,1-4H3. The van der Waals surface area contributed by atoms with Gasteiger partial charge >= 0.3 is 0 Å². The number of aryl methyl sites for hydroxylation is 2. The monoisotopic (exact) mass is 281 g/mol. The maximum atomic E-state index is 12.4. The molecular weight excluding hydrogens is 258 g/mol. The van der Waals surface area contributed by atoms with Gasteiger partial charge in [-0.15, -0.1) is 0 Å². The van der Waals surface area contributed by atoms with Crippen molar-refractivity contribution in [3.8, 4) is 0 Å². The van der Waals surface area contributed by atoms with Crippen LogP contribution in [0.25, 0.3) is 0 Å². The van der Waals surface area contributed by atoms with Crippen molar-refractivity contribution in [3.63, 3.8) is 0 Å². The summed E-state index contributed by atoms with van der Waals surface area (Å²) in [5, 5.41) is 10.5. The van der Waals surface area contributed by atoms with Gasteiger partial charge in [-0.05, 0) is 27.4 Å². The topological polar surface area (TPSA) is 69.8 Å². The second-order valence-corrected chi connectivity index (χ2v) is 5.81. The molecule has 1 saturated heterocycles. The van der Waals surface area contributed by atoms with Crippen LogP contribution in [0.15, 0.2) is 4.42 Å². The fourth-order valence-corrected chi connectivity index (χ4v) is 2.69. The summed E-state index contributed by atoms with van der Waals surface area (Å²) in [6.07, 6.45) is 1.25. The van der Waals surface area contributed by atoms with Gasteiger partial charge in [0.2, 0.25) is 5.76 Å². The molecule has 0 spiro atoms. The first-order chi connectivity index (χ1) is 9.34. The number of aliphatic hydroxyl groups is 1. The Kier molecular flexibility index (Phi) is 4.15. The van der Waals surface area contributed by atoms with Crippen molar-refractivity contribution in [2.24, 2.45) is 0 Å². The lowest BCUT2D eigenvalue weighted by Gasteiger charge is -2.26. The Bertz CT molecular complexity index is 498. The molecule has 0 saturated carbocycles. The summed E-state index contributed by atoms with van der Waals surface area (Å²) >= 11 is 0. The van der Waals surface area contributed by atoms with Gasteiger partial charge in [0, 0.05) is 19.5 Å². The Balaban J connectivity index is 2.09. The molecule has 1 aliphatic heterocycles. The van der Waals surface area contributed by atoms with Crippen LogP contribution >= 0.6 is 0 Å². The molecule has 0 radical (unpaired) electrons. The van der Waals surface area contributed by atoms with Gasteiger partial charge < -0.3 is 19.3 Å². The number of nitrogens with zero attached hydrogens (tertiary/aromatic N) is 3. The third-order valence-electron chi connectivity index (χ3n) is 3.57. The van der Waals surface area contributed by atoms with E-state index in [1.807, 2.05) is 25.9 Å². The molecule has 112 valence electrons. The molecule has 0 aromatic carbocycles. The second-order valence-electron chi connectivity index (χ2n) is 5.81. The van der Waals surface area contributed by atoms with Crippen LogP contribution in [0.5, 0.6) is 0 Å². The molecule has 1 aromatic heterocycles. The Morgan fingerprint density at radius 2 is 2.25 bits per heavy atom. The third kappa shape index (κ3) is 3.02. The van der Waals surface area contributed by atoms with E-state index in [0.717, 1.165) is 0 Å². The average Bonchev–Trinajstić information content (AvgIpc) is 2.91. The molecule has 1 aromatic rings. The molecule has 1 amide bonds. The van der Waals surface area contributed by atoms with E-state index in [9.17, 15) is 9.90 Å². The van der Waals surface area contributed by atoms with Crippen molar-refractivity contribution >= 4 is 5.91 Å². The summed E-state index contributed by atoms with van der Waals surface area (Å²) in [5.74, 6) is 0.703. The lowest BCUT2D eigenvalue weighted by Crippen LogP contribution is -2.43. The summed E-state index contributed by atoms with van der Waals surface area (Å²) in [4.78, 5) is 20.2. The van der Waals surface area contributed by atoms with Gasteiger partial charge in [-0.25, -0.2) is 4.98 Å². The zero-order valence-electron chi connectivity index (χ0n) is 12.6. The van der Waals surface area contributed by atoms with Crippen molar-refractivity contribution in [2.45, 2.75) is 32.3 Å². The number of hydrogen-bond acceptors (Lipinski definition) is 5. The number of β-amino-alcohol motifs (C(OH)–C–C–N with tert-alkyl or cyclic N) is 1. The summed E-state index contributed by atoms with van der Waals surface area (Å²) < 4.78 is 5.49. The second kappa shape index (κ2) is 5.54. The normalized spacial score (nSPS) is 22.8. The van der Waals surface area contributed by atoms with E-state index in [1.165, 1.54) is 0 Å². The highest BCUT2D eigenvalue weighted by Crippen LogP contribution is 2.24. The zero-order valence-corrected chi connectivity index (χ0v) is 12.6. The fourth-order valence-electron chi connectivity index (χ4n) is 2.69. The molecule has 6 heteroatoms. The summed E-state index contributed by atoms with van der Waals surface area (Å²) in [6.45, 7) is 5.14. The highest BCUT2D eigenvalue weighted by Gasteiger charge is 2.39. The molecule has 1 fully saturated rings. The number of likely N-dealkylation sites (tertiary alicyclic amines) is 1. The van der Waals surface area contributed by atoms with E-state index in [4.69, 9.17) is 4.42 Å². The van der Waals surface area contributed by atoms with Gasteiger partial charge in [-0.2, -0.15) is 0 Å². The highest BCUT2D eigenvalue weighted by atomic mass is 16.4. The van der Waals surface area contributed by atoms with Crippen LogP contribution in [-0.4, -0.2) is 65.1 Å². The van der Waals surface area contributed by atoms with E-state index in [-0.39, 0.29) is 5.91 Å². The van der Waals surface area contributed by atoms with Crippen LogP contribution < -0.4 is 0 Å². The Morgan fingerprint density at radius 1 is 1.55 bits per heavy atom. The van der Waals surface area contributed by atoms with E-state index in [1.54, 1.807) is 11.8 Å². The van der Waals surface area contributed by atoms with Crippen molar-refractivity contribution in [1.82, 2.24) is 14.8 Å². The first kappa shape index (κ1) is 15.0.